The van der Waals surface area contributed by atoms with Crippen molar-refractivity contribution < 1.29 is 4.74 Å². The smallest absolute Gasteiger partial charge is 0.119 e. The van der Waals surface area contributed by atoms with E-state index in [1.54, 1.807) is 0 Å². The molecule has 0 aromatic heterocycles. The Morgan fingerprint density at radius 3 is 2.89 bits per heavy atom. The van der Waals surface area contributed by atoms with Gasteiger partial charge in [-0.1, -0.05) is 26.0 Å². The van der Waals surface area contributed by atoms with Gasteiger partial charge in [0.2, 0.25) is 0 Å². The summed E-state index contributed by atoms with van der Waals surface area (Å²) in [5.74, 6) is 0.960. The van der Waals surface area contributed by atoms with Gasteiger partial charge in [-0.05, 0) is 43.0 Å². The van der Waals surface area contributed by atoms with Gasteiger partial charge in [0.15, 0.2) is 0 Å². The molecular weight excluding hydrogens is 236 g/mol. The molecule has 1 saturated heterocycles. The fraction of sp³-hybridized carbons (Fsp3) is 0.625. The fourth-order valence-electron chi connectivity index (χ4n) is 2.55. The van der Waals surface area contributed by atoms with E-state index in [-0.39, 0.29) is 11.5 Å². The number of nitrogens with zero attached hydrogens (tertiary/aromatic N) is 1. The normalized spacial score (nSPS) is 23.3. The first-order chi connectivity index (χ1) is 9.01. The van der Waals surface area contributed by atoms with E-state index in [1.165, 1.54) is 12.0 Å². The van der Waals surface area contributed by atoms with Crippen molar-refractivity contribution >= 4 is 0 Å². The number of hydrogen-bond acceptors (Lipinski definition) is 3. The van der Waals surface area contributed by atoms with Crippen molar-refractivity contribution in [2.24, 2.45) is 11.1 Å². The Hall–Kier alpha value is -1.06. The van der Waals surface area contributed by atoms with Gasteiger partial charge in [0.05, 0.1) is 6.61 Å². The summed E-state index contributed by atoms with van der Waals surface area (Å²) in [5.41, 5.74) is 7.84. The highest BCUT2D eigenvalue weighted by atomic mass is 16.5. The molecule has 1 unspecified atom stereocenters. The number of rotatable bonds is 4. The van der Waals surface area contributed by atoms with E-state index in [0.29, 0.717) is 6.61 Å². The van der Waals surface area contributed by atoms with Gasteiger partial charge in [-0.2, -0.15) is 0 Å². The molecule has 0 radical (unpaired) electrons. The first-order valence-corrected chi connectivity index (χ1v) is 7.21. The quantitative estimate of drug-likeness (QED) is 0.906. The monoisotopic (exact) mass is 262 g/mol. The summed E-state index contributed by atoms with van der Waals surface area (Å²) in [6, 6.07) is 8.63. The van der Waals surface area contributed by atoms with Gasteiger partial charge in [0, 0.05) is 19.1 Å². The zero-order valence-corrected chi connectivity index (χ0v) is 12.4. The van der Waals surface area contributed by atoms with Crippen LogP contribution in [-0.4, -0.2) is 30.6 Å². The summed E-state index contributed by atoms with van der Waals surface area (Å²) >= 11 is 0. The molecule has 0 bridgehead atoms. The molecule has 106 valence electrons. The summed E-state index contributed by atoms with van der Waals surface area (Å²) in [7, 11) is 0. The third-order valence-corrected chi connectivity index (χ3v) is 4.15. The van der Waals surface area contributed by atoms with Crippen LogP contribution in [0.3, 0.4) is 0 Å². The van der Waals surface area contributed by atoms with Crippen LogP contribution < -0.4 is 10.5 Å². The van der Waals surface area contributed by atoms with E-state index >= 15 is 0 Å². The lowest BCUT2D eigenvalue weighted by molar-refractivity contribution is 0.101. The first kappa shape index (κ1) is 14.4. The SMILES string of the molecule is CCOc1cccc(CN2CCC(C)(C)C(N)C2)c1. The average molecular weight is 262 g/mol. The maximum Gasteiger partial charge on any atom is 0.119 e. The van der Waals surface area contributed by atoms with Gasteiger partial charge in [-0.25, -0.2) is 0 Å². The molecule has 3 heteroatoms. The van der Waals surface area contributed by atoms with Crippen molar-refractivity contribution in [3.8, 4) is 5.75 Å². The molecule has 0 aliphatic carbocycles. The van der Waals surface area contributed by atoms with E-state index in [2.05, 4.69) is 36.9 Å². The second kappa shape index (κ2) is 5.93. The standard InChI is InChI=1S/C16H26N2O/c1-4-19-14-7-5-6-13(10-14)11-18-9-8-16(2,3)15(17)12-18/h5-7,10,15H,4,8-9,11-12,17H2,1-3H3. The molecule has 1 atom stereocenters. The van der Waals surface area contributed by atoms with Crippen molar-refractivity contribution in [3.63, 3.8) is 0 Å². The van der Waals surface area contributed by atoms with Crippen LogP contribution in [0, 0.1) is 5.41 Å². The van der Waals surface area contributed by atoms with E-state index in [4.69, 9.17) is 10.5 Å². The summed E-state index contributed by atoms with van der Waals surface area (Å²) in [6.07, 6.45) is 1.17. The first-order valence-electron chi connectivity index (χ1n) is 7.21. The Bertz CT molecular complexity index is 417. The summed E-state index contributed by atoms with van der Waals surface area (Å²) in [4.78, 5) is 2.45. The van der Waals surface area contributed by atoms with Crippen LogP contribution >= 0.6 is 0 Å². The van der Waals surface area contributed by atoms with Gasteiger partial charge in [-0.3, -0.25) is 4.90 Å². The van der Waals surface area contributed by atoms with E-state index < -0.39 is 0 Å². The van der Waals surface area contributed by atoms with E-state index in [9.17, 15) is 0 Å². The number of piperidine rings is 1. The van der Waals surface area contributed by atoms with Crippen LogP contribution in [-0.2, 0) is 6.54 Å². The Balaban J connectivity index is 1.96. The maximum atomic E-state index is 6.27. The van der Waals surface area contributed by atoms with Crippen molar-refractivity contribution in [1.29, 1.82) is 0 Å². The third kappa shape index (κ3) is 3.71. The molecule has 1 aliphatic rings. The summed E-state index contributed by atoms with van der Waals surface area (Å²) in [5, 5.41) is 0. The Labute approximate surface area is 116 Å². The minimum absolute atomic E-state index is 0.260. The van der Waals surface area contributed by atoms with Gasteiger partial charge in [0.1, 0.15) is 5.75 Å². The molecule has 0 amide bonds. The number of ether oxygens (including phenoxy) is 1. The van der Waals surface area contributed by atoms with Crippen LogP contribution in [0.2, 0.25) is 0 Å². The second-order valence-electron chi connectivity index (χ2n) is 6.16. The van der Waals surface area contributed by atoms with Crippen molar-refractivity contribution in [2.75, 3.05) is 19.7 Å². The van der Waals surface area contributed by atoms with E-state index in [1.807, 2.05) is 13.0 Å². The lowest BCUT2D eigenvalue weighted by Gasteiger charge is -2.42. The van der Waals surface area contributed by atoms with Crippen LogP contribution in [0.15, 0.2) is 24.3 Å². The van der Waals surface area contributed by atoms with Gasteiger partial charge in [0.25, 0.3) is 0 Å². The molecule has 19 heavy (non-hydrogen) atoms. The Morgan fingerprint density at radius 2 is 2.21 bits per heavy atom. The predicted molar refractivity (Wildman–Crippen MR) is 79.3 cm³/mol. The summed E-state index contributed by atoms with van der Waals surface area (Å²) < 4.78 is 5.55. The third-order valence-electron chi connectivity index (χ3n) is 4.15. The zero-order chi connectivity index (χ0) is 13.9. The largest absolute Gasteiger partial charge is 0.494 e. The molecule has 1 aliphatic heterocycles. The number of likely N-dealkylation sites (tertiary alicyclic amines) is 1. The topological polar surface area (TPSA) is 38.5 Å². The van der Waals surface area contributed by atoms with Crippen LogP contribution in [0.1, 0.15) is 32.8 Å². The van der Waals surface area contributed by atoms with Gasteiger partial charge >= 0.3 is 0 Å². The predicted octanol–water partition coefficient (Wildman–Crippen LogP) is 2.64. The Kier molecular flexibility index (Phi) is 4.48. The zero-order valence-electron chi connectivity index (χ0n) is 12.4. The molecule has 2 rings (SSSR count). The molecule has 1 fully saturated rings. The molecule has 3 nitrogen and oxygen atoms in total. The molecule has 0 spiro atoms. The Morgan fingerprint density at radius 1 is 1.42 bits per heavy atom. The molecule has 0 saturated carbocycles. The van der Waals surface area contributed by atoms with Gasteiger partial charge in [-0.15, -0.1) is 0 Å². The van der Waals surface area contributed by atoms with Crippen LogP contribution in [0.5, 0.6) is 5.75 Å². The fourth-order valence-corrected chi connectivity index (χ4v) is 2.55. The van der Waals surface area contributed by atoms with Gasteiger partial charge < -0.3 is 10.5 Å². The molecule has 2 N–H and O–H groups in total. The second-order valence-corrected chi connectivity index (χ2v) is 6.16. The van der Waals surface area contributed by atoms with Crippen molar-refractivity contribution in [1.82, 2.24) is 4.90 Å². The highest BCUT2D eigenvalue weighted by molar-refractivity contribution is 5.28. The average Bonchev–Trinajstić information content (AvgIpc) is 2.35. The molecule has 1 heterocycles. The lowest BCUT2D eigenvalue weighted by atomic mass is 9.78. The number of hydrogen-bond donors (Lipinski definition) is 1. The van der Waals surface area contributed by atoms with Crippen LogP contribution in [0.25, 0.3) is 0 Å². The van der Waals surface area contributed by atoms with Crippen molar-refractivity contribution in [2.45, 2.75) is 39.8 Å². The van der Waals surface area contributed by atoms with Crippen molar-refractivity contribution in [3.05, 3.63) is 29.8 Å². The summed E-state index contributed by atoms with van der Waals surface area (Å²) in [6.45, 7) is 10.3. The highest BCUT2D eigenvalue weighted by Gasteiger charge is 2.32. The minimum atomic E-state index is 0.260. The molecular formula is C16H26N2O. The minimum Gasteiger partial charge on any atom is -0.494 e. The maximum absolute atomic E-state index is 6.27. The lowest BCUT2D eigenvalue weighted by Crippen LogP contribution is -2.52. The van der Waals surface area contributed by atoms with E-state index in [0.717, 1.165) is 25.4 Å². The molecule has 1 aromatic carbocycles. The number of nitrogens with two attached hydrogens (primary N) is 1. The van der Waals surface area contributed by atoms with Crippen LogP contribution in [0.4, 0.5) is 0 Å². The molecule has 1 aromatic rings. The highest BCUT2D eigenvalue weighted by Crippen LogP contribution is 2.29. The number of benzene rings is 1.